The number of ether oxygens (including phenoxy) is 2. The van der Waals surface area contributed by atoms with Crippen molar-refractivity contribution in [1.82, 2.24) is 20.6 Å². The van der Waals surface area contributed by atoms with Crippen LogP contribution in [0.5, 0.6) is 11.5 Å². The maximum Gasteiger partial charge on any atom is 0.279 e. The molecule has 0 aliphatic rings. The Kier molecular flexibility index (Phi) is 7.66. The second-order valence-electron chi connectivity index (χ2n) is 7.59. The highest BCUT2D eigenvalue weighted by atomic mass is 19.1. The van der Waals surface area contributed by atoms with Gasteiger partial charge in [0.25, 0.3) is 11.8 Å². The molecule has 1 aromatic heterocycles. The van der Waals surface area contributed by atoms with Crippen LogP contribution in [0.15, 0.2) is 54.7 Å². The first-order chi connectivity index (χ1) is 15.8. The van der Waals surface area contributed by atoms with E-state index in [4.69, 9.17) is 9.47 Å². The summed E-state index contributed by atoms with van der Waals surface area (Å²) in [6.07, 6.45) is 0.565. The minimum Gasteiger partial charge on any atom is -0.494 e. The largest absolute Gasteiger partial charge is 0.494 e. The average Bonchev–Trinajstić information content (AvgIpc) is 3.25. The van der Waals surface area contributed by atoms with Gasteiger partial charge in [-0.1, -0.05) is 13.8 Å². The number of aromatic nitrogens is 2. The fourth-order valence-electron chi connectivity index (χ4n) is 3.20. The van der Waals surface area contributed by atoms with Gasteiger partial charge in [-0.25, -0.2) is 9.07 Å². The molecule has 2 amide bonds. The van der Waals surface area contributed by atoms with Crippen molar-refractivity contribution in [2.75, 3.05) is 6.61 Å². The normalized spacial score (nSPS) is 11.7. The summed E-state index contributed by atoms with van der Waals surface area (Å²) in [7, 11) is 0. The maximum atomic E-state index is 13.3. The standard InChI is InChI=1S/C24H27FN4O4/c1-5-32-19-10-12-20(13-11-19)33-16(4)23(30)27-28-24(31)21-14-26-29(22(21)15(2)3)18-8-6-17(25)7-9-18/h6-16H,5H2,1-4H3,(H,27,30)(H,28,31). The lowest BCUT2D eigenvalue weighted by atomic mass is 10.1. The SMILES string of the molecule is CCOc1ccc(OC(C)C(=O)NNC(=O)c2cnn(-c3ccc(F)cc3)c2C(C)C)cc1. The molecule has 0 radical (unpaired) electrons. The van der Waals surface area contributed by atoms with Crippen molar-refractivity contribution in [3.05, 3.63) is 71.8 Å². The lowest BCUT2D eigenvalue weighted by Crippen LogP contribution is -2.47. The summed E-state index contributed by atoms with van der Waals surface area (Å²) in [5, 5.41) is 4.28. The third kappa shape index (κ3) is 5.88. The lowest BCUT2D eigenvalue weighted by molar-refractivity contribution is -0.128. The minimum atomic E-state index is -0.852. The van der Waals surface area contributed by atoms with E-state index < -0.39 is 17.9 Å². The van der Waals surface area contributed by atoms with E-state index in [0.717, 1.165) is 0 Å². The number of amides is 2. The average molecular weight is 455 g/mol. The van der Waals surface area contributed by atoms with E-state index in [1.165, 1.54) is 18.3 Å². The predicted octanol–water partition coefficient (Wildman–Crippen LogP) is 3.76. The monoisotopic (exact) mass is 454 g/mol. The summed E-state index contributed by atoms with van der Waals surface area (Å²) in [6, 6.07) is 12.7. The van der Waals surface area contributed by atoms with Gasteiger partial charge in [0.1, 0.15) is 17.3 Å². The second-order valence-corrected chi connectivity index (χ2v) is 7.59. The fraction of sp³-hybridized carbons (Fsp3) is 0.292. The minimum absolute atomic E-state index is 0.0593. The summed E-state index contributed by atoms with van der Waals surface area (Å²) < 4.78 is 25.8. The molecular formula is C24H27FN4O4. The summed E-state index contributed by atoms with van der Waals surface area (Å²) in [6.45, 7) is 7.85. The molecule has 0 fully saturated rings. The van der Waals surface area contributed by atoms with Gasteiger partial charge < -0.3 is 9.47 Å². The van der Waals surface area contributed by atoms with Crippen LogP contribution in [-0.2, 0) is 4.79 Å². The summed E-state index contributed by atoms with van der Waals surface area (Å²) in [4.78, 5) is 25.2. The van der Waals surface area contributed by atoms with E-state index in [9.17, 15) is 14.0 Å². The molecule has 0 aliphatic heterocycles. The van der Waals surface area contributed by atoms with Crippen LogP contribution in [0.3, 0.4) is 0 Å². The molecule has 174 valence electrons. The molecule has 0 aliphatic carbocycles. The molecule has 0 spiro atoms. The van der Waals surface area contributed by atoms with E-state index in [2.05, 4.69) is 16.0 Å². The number of benzene rings is 2. The van der Waals surface area contributed by atoms with Crippen LogP contribution in [0.2, 0.25) is 0 Å². The van der Waals surface area contributed by atoms with E-state index >= 15 is 0 Å². The molecule has 1 heterocycles. The fourth-order valence-corrected chi connectivity index (χ4v) is 3.20. The van der Waals surface area contributed by atoms with Crippen molar-refractivity contribution in [1.29, 1.82) is 0 Å². The van der Waals surface area contributed by atoms with Crippen LogP contribution in [0, 0.1) is 5.82 Å². The number of halogens is 1. The Morgan fingerprint density at radius 1 is 1.00 bits per heavy atom. The Morgan fingerprint density at radius 3 is 2.24 bits per heavy atom. The highest BCUT2D eigenvalue weighted by Crippen LogP contribution is 2.23. The molecule has 8 nitrogen and oxygen atoms in total. The van der Waals surface area contributed by atoms with E-state index in [-0.39, 0.29) is 11.7 Å². The summed E-state index contributed by atoms with van der Waals surface area (Å²) >= 11 is 0. The van der Waals surface area contributed by atoms with Crippen molar-refractivity contribution < 1.29 is 23.5 Å². The number of nitrogens with one attached hydrogen (secondary N) is 2. The number of hydrogen-bond acceptors (Lipinski definition) is 5. The first kappa shape index (κ1) is 23.8. The molecule has 0 saturated heterocycles. The number of hydrogen-bond donors (Lipinski definition) is 2. The van der Waals surface area contributed by atoms with Crippen molar-refractivity contribution in [3.63, 3.8) is 0 Å². The number of rotatable bonds is 8. The molecule has 2 N–H and O–H groups in total. The highest BCUT2D eigenvalue weighted by molar-refractivity contribution is 5.96. The van der Waals surface area contributed by atoms with Gasteiger partial charge in [-0.05, 0) is 68.3 Å². The quantitative estimate of drug-likeness (QED) is 0.506. The lowest BCUT2D eigenvalue weighted by Gasteiger charge is -2.16. The van der Waals surface area contributed by atoms with Gasteiger partial charge in [0.2, 0.25) is 0 Å². The third-order valence-corrected chi connectivity index (χ3v) is 4.79. The Labute approximate surface area is 191 Å². The van der Waals surface area contributed by atoms with Gasteiger partial charge in [0.15, 0.2) is 6.10 Å². The third-order valence-electron chi connectivity index (χ3n) is 4.79. The highest BCUT2D eigenvalue weighted by Gasteiger charge is 2.22. The second kappa shape index (κ2) is 10.6. The number of nitrogens with zero attached hydrogens (tertiary/aromatic N) is 2. The van der Waals surface area contributed by atoms with Crippen LogP contribution in [0.4, 0.5) is 4.39 Å². The molecule has 0 saturated carbocycles. The molecule has 2 aromatic carbocycles. The Morgan fingerprint density at radius 2 is 1.64 bits per heavy atom. The topological polar surface area (TPSA) is 94.5 Å². The Hall–Kier alpha value is -3.88. The molecule has 3 rings (SSSR count). The molecule has 1 atom stereocenters. The Balaban J connectivity index is 1.64. The molecule has 9 heteroatoms. The van der Waals surface area contributed by atoms with Crippen LogP contribution < -0.4 is 20.3 Å². The smallest absolute Gasteiger partial charge is 0.279 e. The van der Waals surface area contributed by atoms with Gasteiger partial charge in [-0.2, -0.15) is 5.10 Å². The van der Waals surface area contributed by atoms with Gasteiger partial charge in [0, 0.05) is 0 Å². The number of hydrazine groups is 1. The van der Waals surface area contributed by atoms with Crippen LogP contribution in [0.1, 0.15) is 49.7 Å². The van der Waals surface area contributed by atoms with Crippen LogP contribution >= 0.6 is 0 Å². The summed E-state index contributed by atoms with van der Waals surface area (Å²) in [5.41, 5.74) is 6.35. The molecule has 33 heavy (non-hydrogen) atoms. The van der Waals surface area contributed by atoms with E-state index in [1.54, 1.807) is 48.0 Å². The van der Waals surface area contributed by atoms with Gasteiger partial charge in [0.05, 0.1) is 29.7 Å². The van der Waals surface area contributed by atoms with Crippen molar-refractivity contribution in [2.45, 2.75) is 39.7 Å². The van der Waals surface area contributed by atoms with E-state index in [0.29, 0.717) is 35.1 Å². The zero-order valence-corrected chi connectivity index (χ0v) is 19.0. The van der Waals surface area contributed by atoms with Crippen molar-refractivity contribution >= 4 is 11.8 Å². The van der Waals surface area contributed by atoms with Gasteiger partial charge in [-0.15, -0.1) is 0 Å². The molecule has 3 aromatic rings. The Bertz CT molecular complexity index is 1090. The first-order valence-electron chi connectivity index (χ1n) is 10.6. The zero-order chi connectivity index (χ0) is 24.0. The van der Waals surface area contributed by atoms with Crippen LogP contribution in [0.25, 0.3) is 5.69 Å². The first-order valence-corrected chi connectivity index (χ1v) is 10.6. The van der Waals surface area contributed by atoms with Gasteiger partial charge >= 0.3 is 0 Å². The summed E-state index contributed by atoms with van der Waals surface area (Å²) in [5.74, 6) is -0.260. The maximum absolute atomic E-state index is 13.3. The molecule has 1 unspecified atom stereocenters. The van der Waals surface area contributed by atoms with Crippen molar-refractivity contribution in [2.24, 2.45) is 0 Å². The van der Waals surface area contributed by atoms with Crippen molar-refractivity contribution in [3.8, 4) is 17.2 Å². The van der Waals surface area contributed by atoms with Gasteiger partial charge in [-0.3, -0.25) is 20.4 Å². The predicted molar refractivity (Wildman–Crippen MR) is 121 cm³/mol. The molecular weight excluding hydrogens is 427 g/mol. The van der Waals surface area contributed by atoms with Crippen LogP contribution in [-0.4, -0.2) is 34.3 Å². The number of carbonyl (C=O) groups is 2. The number of carbonyl (C=O) groups excluding carboxylic acids is 2. The molecule has 0 bridgehead atoms. The zero-order valence-electron chi connectivity index (χ0n) is 19.0. The van der Waals surface area contributed by atoms with E-state index in [1.807, 2.05) is 20.8 Å².